The molecule has 0 aliphatic carbocycles. The molecule has 0 unspecified atom stereocenters. The Hall–Kier alpha value is -3.01. The lowest BCUT2D eigenvalue weighted by atomic mass is 10.1. The van der Waals surface area contributed by atoms with E-state index in [4.69, 9.17) is 10.5 Å². The van der Waals surface area contributed by atoms with Crippen molar-refractivity contribution in [2.75, 3.05) is 5.73 Å². The second-order valence-electron chi connectivity index (χ2n) is 4.87. The van der Waals surface area contributed by atoms with Crippen LogP contribution in [0.3, 0.4) is 0 Å². The Balaban J connectivity index is 2.14. The summed E-state index contributed by atoms with van der Waals surface area (Å²) in [5.74, 6) is 1.00. The second kappa shape index (κ2) is 7.84. The van der Waals surface area contributed by atoms with Gasteiger partial charge in [-0.3, -0.25) is 4.79 Å². The molecular formula is C19H20N2O2. The third-order valence-electron chi connectivity index (χ3n) is 3.16. The number of ether oxygens (including phenoxy) is 1. The zero-order chi connectivity index (χ0) is 16.7. The molecule has 2 aromatic rings. The van der Waals surface area contributed by atoms with Crippen LogP contribution < -0.4 is 15.8 Å². The first kappa shape index (κ1) is 16.4. The first-order valence-electron chi connectivity index (χ1n) is 7.37. The topological polar surface area (TPSA) is 64.3 Å². The second-order valence-corrected chi connectivity index (χ2v) is 4.87. The molecule has 0 aromatic heterocycles. The van der Waals surface area contributed by atoms with Crippen LogP contribution in [0.2, 0.25) is 0 Å². The molecule has 4 heteroatoms. The van der Waals surface area contributed by atoms with Crippen molar-refractivity contribution < 1.29 is 9.53 Å². The molecule has 0 aliphatic heterocycles. The molecule has 23 heavy (non-hydrogen) atoms. The lowest BCUT2D eigenvalue weighted by Crippen LogP contribution is -2.21. The van der Waals surface area contributed by atoms with E-state index in [0.717, 1.165) is 5.70 Å². The highest BCUT2D eigenvalue weighted by atomic mass is 16.5. The van der Waals surface area contributed by atoms with Crippen molar-refractivity contribution in [3.05, 3.63) is 78.0 Å². The van der Waals surface area contributed by atoms with Gasteiger partial charge in [-0.1, -0.05) is 30.4 Å². The number of carbonyl (C=O) groups excluding carboxylic acids is 1. The van der Waals surface area contributed by atoms with Crippen LogP contribution in [0.25, 0.3) is 0 Å². The number of para-hydroxylation sites is 1. The molecule has 0 fully saturated rings. The van der Waals surface area contributed by atoms with Gasteiger partial charge in [0.2, 0.25) is 0 Å². The van der Waals surface area contributed by atoms with Crippen LogP contribution in [0.5, 0.6) is 11.5 Å². The van der Waals surface area contributed by atoms with E-state index in [0.29, 0.717) is 22.7 Å². The molecular weight excluding hydrogens is 288 g/mol. The summed E-state index contributed by atoms with van der Waals surface area (Å²) in [5, 5.41) is 2.82. The minimum absolute atomic E-state index is 0.214. The van der Waals surface area contributed by atoms with E-state index in [2.05, 4.69) is 5.32 Å². The van der Waals surface area contributed by atoms with Gasteiger partial charge in [0.1, 0.15) is 11.5 Å². The molecule has 0 spiro atoms. The quantitative estimate of drug-likeness (QED) is 0.640. The van der Waals surface area contributed by atoms with Crippen molar-refractivity contribution >= 4 is 11.6 Å². The number of allylic oxidation sites excluding steroid dienone is 3. The standard InChI is InChI=1S/C19H20N2O2/c1-3-8-15(4-2)21-19(22)14-11-12-18(17(20)13-14)23-16-9-6-5-7-10-16/h3-13H,20H2,1-2H3,(H,21,22)/b8-3-,15-4+. The van der Waals surface area contributed by atoms with Gasteiger partial charge < -0.3 is 15.8 Å². The highest BCUT2D eigenvalue weighted by molar-refractivity contribution is 5.96. The fourth-order valence-electron chi connectivity index (χ4n) is 1.99. The van der Waals surface area contributed by atoms with Gasteiger partial charge in [-0.15, -0.1) is 0 Å². The van der Waals surface area contributed by atoms with Gasteiger partial charge in [0.15, 0.2) is 0 Å². The van der Waals surface area contributed by atoms with E-state index < -0.39 is 0 Å². The summed E-state index contributed by atoms with van der Waals surface area (Å²) in [6.45, 7) is 3.75. The fraction of sp³-hybridized carbons (Fsp3) is 0.105. The Morgan fingerprint density at radius 3 is 2.48 bits per heavy atom. The summed E-state index contributed by atoms with van der Waals surface area (Å²) in [4.78, 5) is 12.2. The summed E-state index contributed by atoms with van der Waals surface area (Å²) < 4.78 is 5.71. The maximum absolute atomic E-state index is 12.2. The molecule has 0 bridgehead atoms. The molecule has 0 radical (unpaired) electrons. The fourth-order valence-corrected chi connectivity index (χ4v) is 1.99. The third kappa shape index (κ3) is 4.48. The number of hydrogen-bond acceptors (Lipinski definition) is 3. The van der Waals surface area contributed by atoms with E-state index in [9.17, 15) is 4.79 Å². The lowest BCUT2D eigenvalue weighted by molar-refractivity contribution is 0.0967. The monoisotopic (exact) mass is 308 g/mol. The Bertz CT molecular complexity index is 734. The van der Waals surface area contributed by atoms with E-state index in [-0.39, 0.29) is 5.91 Å². The van der Waals surface area contributed by atoms with Crippen molar-refractivity contribution in [2.45, 2.75) is 13.8 Å². The van der Waals surface area contributed by atoms with Crippen LogP contribution >= 0.6 is 0 Å². The third-order valence-corrected chi connectivity index (χ3v) is 3.16. The number of rotatable bonds is 5. The van der Waals surface area contributed by atoms with Crippen molar-refractivity contribution in [1.82, 2.24) is 5.32 Å². The number of nitrogen functional groups attached to an aromatic ring is 1. The van der Waals surface area contributed by atoms with Gasteiger partial charge in [0.25, 0.3) is 5.91 Å². The van der Waals surface area contributed by atoms with Crippen molar-refractivity contribution in [3.8, 4) is 11.5 Å². The molecule has 0 atom stereocenters. The first-order chi connectivity index (χ1) is 11.1. The normalized spacial score (nSPS) is 11.5. The van der Waals surface area contributed by atoms with Gasteiger partial charge in [-0.05, 0) is 50.3 Å². The van der Waals surface area contributed by atoms with E-state index in [1.807, 2.05) is 62.4 Å². The molecule has 118 valence electrons. The summed E-state index contributed by atoms with van der Waals surface area (Å²) in [5.41, 5.74) is 7.62. The van der Waals surface area contributed by atoms with Crippen molar-refractivity contribution in [3.63, 3.8) is 0 Å². The molecule has 2 aromatic carbocycles. The summed E-state index contributed by atoms with van der Waals surface area (Å²) in [6.07, 6.45) is 5.52. The summed E-state index contributed by atoms with van der Waals surface area (Å²) >= 11 is 0. The van der Waals surface area contributed by atoms with Gasteiger partial charge in [0.05, 0.1) is 5.69 Å². The number of hydrogen-bond donors (Lipinski definition) is 2. The van der Waals surface area contributed by atoms with Crippen molar-refractivity contribution in [2.24, 2.45) is 0 Å². The van der Waals surface area contributed by atoms with Gasteiger partial charge in [0, 0.05) is 11.3 Å². The average Bonchev–Trinajstić information content (AvgIpc) is 2.57. The van der Waals surface area contributed by atoms with E-state index in [1.165, 1.54) is 0 Å². The Morgan fingerprint density at radius 2 is 1.87 bits per heavy atom. The molecule has 3 N–H and O–H groups in total. The van der Waals surface area contributed by atoms with Gasteiger partial charge >= 0.3 is 0 Å². The lowest BCUT2D eigenvalue weighted by Gasteiger charge is -2.10. The molecule has 2 rings (SSSR count). The highest BCUT2D eigenvalue weighted by Gasteiger charge is 2.10. The van der Waals surface area contributed by atoms with Crippen LogP contribution in [-0.2, 0) is 0 Å². The summed E-state index contributed by atoms with van der Waals surface area (Å²) in [7, 11) is 0. The number of amides is 1. The van der Waals surface area contributed by atoms with Crippen LogP contribution in [0.4, 0.5) is 5.69 Å². The molecule has 0 saturated heterocycles. The maximum atomic E-state index is 12.2. The van der Waals surface area contributed by atoms with Crippen LogP contribution in [0, 0.1) is 0 Å². The predicted octanol–water partition coefficient (Wildman–Crippen LogP) is 4.27. The maximum Gasteiger partial charge on any atom is 0.255 e. The average molecular weight is 308 g/mol. The Labute approximate surface area is 136 Å². The molecule has 1 amide bonds. The predicted molar refractivity (Wildman–Crippen MR) is 93.4 cm³/mol. The van der Waals surface area contributed by atoms with E-state index in [1.54, 1.807) is 18.2 Å². The van der Waals surface area contributed by atoms with E-state index >= 15 is 0 Å². The number of anilines is 1. The van der Waals surface area contributed by atoms with Gasteiger partial charge in [-0.2, -0.15) is 0 Å². The minimum Gasteiger partial charge on any atom is -0.455 e. The minimum atomic E-state index is -0.214. The number of carbonyl (C=O) groups is 1. The molecule has 0 saturated carbocycles. The number of benzene rings is 2. The Kier molecular flexibility index (Phi) is 5.58. The zero-order valence-corrected chi connectivity index (χ0v) is 13.2. The largest absolute Gasteiger partial charge is 0.455 e. The smallest absolute Gasteiger partial charge is 0.255 e. The van der Waals surface area contributed by atoms with Crippen LogP contribution in [-0.4, -0.2) is 5.91 Å². The molecule has 4 nitrogen and oxygen atoms in total. The Morgan fingerprint density at radius 1 is 1.13 bits per heavy atom. The summed E-state index contributed by atoms with van der Waals surface area (Å²) in [6, 6.07) is 14.4. The SMILES string of the molecule is C/C=C\C(=C/C)NC(=O)c1ccc(Oc2ccccc2)c(N)c1. The van der Waals surface area contributed by atoms with Crippen molar-refractivity contribution in [1.29, 1.82) is 0 Å². The van der Waals surface area contributed by atoms with Crippen LogP contribution in [0.1, 0.15) is 24.2 Å². The number of nitrogens with two attached hydrogens (primary N) is 1. The highest BCUT2D eigenvalue weighted by Crippen LogP contribution is 2.28. The molecule has 0 heterocycles. The van der Waals surface area contributed by atoms with Gasteiger partial charge in [-0.25, -0.2) is 0 Å². The van der Waals surface area contributed by atoms with Crippen LogP contribution in [0.15, 0.2) is 72.5 Å². The zero-order valence-electron chi connectivity index (χ0n) is 13.2. The number of nitrogens with one attached hydrogen (secondary N) is 1. The first-order valence-corrected chi connectivity index (χ1v) is 7.37. The molecule has 0 aliphatic rings.